The molecule has 6 rings (SSSR count). The van der Waals surface area contributed by atoms with E-state index in [0.29, 0.717) is 52.4 Å². The van der Waals surface area contributed by atoms with Gasteiger partial charge in [0.15, 0.2) is 0 Å². The van der Waals surface area contributed by atoms with Gasteiger partial charge in [0.1, 0.15) is 34.5 Å². The standard InChI is InChI=1S/C74H92O10/c1-7-9-11-13-15-17-19-21-23-25-27-29-47-79-65-39-31-59(32-40-65)49-57(5)71(75)83-69-45-37-62(51-55(69)3)73(77)81-67-43-35-61-36-44-68(54-64(61)53-67)82-74(78)63-38-46-70(56(4)52-63)84-72(76)58(6)50-60-33-41-66(42-34-60)80-48-30-28-26-24-22-20-18-16-14-12-10-8-2/h31-46,49-54H,7-30,47-48H2,1-6H3/b57-49+,58-50+. The van der Waals surface area contributed by atoms with Crippen molar-refractivity contribution in [3.63, 3.8) is 0 Å². The fourth-order valence-corrected chi connectivity index (χ4v) is 10.0. The molecule has 6 aromatic carbocycles. The highest BCUT2D eigenvalue weighted by Crippen LogP contribution is 2.29. The summed E-state index contributed by atoms with van der Waals surface area (Å²) < 4.78 is 35.0. The van der Waals surface area contributed by atoms with Crippen LogP contribution in [0.25, 0.3) is 22.9 Å². The first kappa shape index (κ1) is 65.7. The lowest BCUT2D eigenvalue weighted by Crippen LogP contribution is -2.12. The largest absolute Gasteiger partial charge is 0.494 e. The molecule has 0 bridgehead atoms. The number of hydrogen-bond donors (Lipinski definition) is 0. The third-order valence-electron chi connectivity index (χ3n) is 15.1. The van der Waals surface area contributed by atoms with E-state index in [4.69, 9.17) is 28.4 Å². The summed E-state index contributed by atoms with van der Waals surface area (Å²) in [5.41, 5.74) is 4.26. The number of carbonyl (C=O) groups is 4. The smallest absolute Gasteiger partial charge is 0.343 e. The zero-order valence-corrected chi connectivity index (χ0v) is 51.2. The van der Waals surface area contributed by atoms with Crippen molar-refractivity contribution in [2.24, 2.45) is 0 Å². The molecule has 0 aliphatic heterocycles. The molecule has 0 aliphatic rings. The lowest BCUT2D eigenvalue weighted by Gasteiger charge is -2.11. The highest BCUT2D eigenvalue weighted by molar-refractivity contribution is 5.97. The summed E-state index contributed by atoms with van der Waals surface area (Å²) in [5, 5.41) is 1.52. The maximum absolute atomic E-state index is 13.4. The van der Waals surface area contributed by atoms with Crippen molar-refractivity contribution in [3.05, 3.63) is 166 Å². The van der Waals surface area contributed by atoms with Gasteiger partial charge < -0.3 is 28.4 Å². The Morgan fingerprint density at radius 2 is 0.667 bits per heavy atom. The molecule has 84 heavy (non-hydrogen) atoms. The normalized spacial score (nSPS) is 11.6. The van der Waals surface area contributed by atoms with E-state index in [9.17, 15) is 19.2 Å². The molecule has 0 aliphatic carbocycles. The molecule has 0 aromatic heterocycles. The van der Waals surface area contributed by atoms with E-state index < -0.39 is 23.9 Å². The SMILES string of the molecule is CCCCCCCCCCCCCCOc1ccc(/C=C(\C)C(=O)Oc2ccc(C(=O)Oc3ccc4ccc(OC(=O)c5ccc(OC(=O)/C(C)=C/c6ccc(OCCCCCCCCCCCCCC)cc6)c(C)c5)cc4c3)cc2C)cc1. The van der Waals surface area contributed by atoms with Crippen molar-refractivity contribution in [1.82, 2.24) is 0 Å². The zero-order valence-electron chi connectivity index (χ0n) is 51.2. The number of carbonyl (C=O) groups excluding carboxylic acids is 4. The molecule has 0 saturated carbocycles. The van der Waals surface area contributed by atoms with Crippen molar-refractivity contribution in [1.29, 1.82) is 0 Å². The monoisotopic (exact) mass is 1140 g/mol. The van der Waals surface area contributed by atoms with Crippen LogP contribution < -0.4 is 28.4 Å². The van der Waals surface area contributed by atoms with Crippen molar-refractivity contribution in [2.75, 3.05) is 13.2 Å². The second kappa shape index (κ2) is 37.0. The van der Waals surface area contributed by atoms with Crippen LogP contribution in [0.4, 0.5) is 0 Å². The number of esters is 4. The second-order valence-electron chi connectivity index (χ2n) is 22.5. The third-order valence-corrected chi connectivity index (χ3v) is 15.1. The molecule has 0 saturated heterocycles. The molecule has 0 unspecified atom stereocenters. The van der Waals surface area contributed by atoms with Crippen molar-refractivity contribution in [3.8, 4) is 34.5 Å². The van der Waals surface area contributed by atoms with Crippen LogP contribution in [0.2, 0.25) is 0 Å². The molecule has 0 heterocycles. The zero-order chi connectivity index (χ0) is 59.7. The summed E-state index contributed by atoms with van der Waals surface area (Å²) in [4.78, 5) is 53.0. The first-order valence-corrected chi connectivity index (χ1v) is 31.3. The first-order chi connectivity index (χ1) is 40.9. The average Bonchev–Trinajstić information content (AvgIpc) is 3.69. The number of unbranched alkanes of at least 4 members (excludes halogenated alkanes) is 22. The summed E-state index contributed by atoms with van der Waals surface area (Å²) >= 11 is 0. The minimum absolute atomic E-state index is 0.276. The van der Waals surface area contributed by atoms with E-state index in [1.54, 1.807) is 101 Å². The van der Waals surface area contributed by atoms with Gasteiger partial charge in [0.2, 0.25) is 0 Å². The van der Waals surface area contributed by atoms with E-state index in [-0.39, 0.29) is 22.6 Å². The summed E-state index contributed by atoms with van der Waals surface area (Å²) in [6.45, 7) is 12.8. The highest BCUT2D eigenvalue weighted by Gasteiger charge is 2.17. The predicted octanol–water partition coefficient (Wildman–Crippen LogP) is 20.1. The molecule has 0 N–H and O–H groups in total. The minimum atomic E-state index is -0.596. The van der Waals surface area contributed by atoms with Gasteiger partial charge in [0.05, 0.1) is 24.3 Å². The molecule has 448 valence electrons. The maximum Gasteiger partial charge on any atom is 0.343 e. The summed E-state index contributed by atoms with van der Waals surface area (Å²) in [6, 6.07) is 35.2. The van der Waals surface area contributed by atoms with Gasteiger partial charge in [-0.3, -0.25) is 0 Å². The van der Waals surface area contributed by atoms with Crippen molar-refractivity contribution in [2.45, 2.75) is 196 Å². The fourth-order valence-electron chi connectivity index (χ4n) is 10.0. The van der Waals surface area contributed by atoms with Crippen LogP contribution in [0.1, 0.15) is 225 Å². The van der Waals surface area contributed by atoms with Crippen molar-refractivity contribution < 1.29 is 47.6 Å². The molecular weight excluding hydrogens is 1050 g/mol. The quantitative estimate of drug-likeness (QED) is 0.0160. The lowest BCUT2D eigenvalue weighted by molar-refractivity contribution is -0.130. The molecule has 0 fully saturated rings. The second-order valence-corrected chi connectivity index (χ2v) is 22.5. The summed E-state index contributed by atoms with van der Waals surface area (Å²) in [5.74, 6) is 0.646. The van der Waals surface area contributed by atoms with Crippen LogP contribution in [0.15, 0.2) is 132 Å². The molecule has 0 radical (unpaired) electrons. The van der Waals surface area contributed by atoms with Crippen LogP contribution in [-0.2, 0) is 9.59 Å². The van der Waals surface area contributed by atoms with Crippen LogP contribution in [-0.4, -0.2) is 37.1 Å². The van der Waals surface area contributed by atoms with E-state index in [1.165, 1.54) is 141 Å². The van der Waals surface area contributed by atoms with E-state index in [1.807, 2.05) is 60.7 Å². The lowest BCUT2D eigenvalue weighted by atomic mass is 10.1. The molecule has 10 heteroatoms. The van der Waals surface area contributed by atoms with E-state index >= 15 is 0 Å². The van der Waals surface area contributed by atoms with Gasteiger partial charge >= 0.3 is 23.9 Å². The van der Waals surface area contributed by atoms with E-state index in [0.717, 1.165) is 40.9 Å². The van der Waals surface area contributed by atoms with E-state index in [2.05, 4.69) is 13.8 Å². The van der Waals surface area contributed by atoms with Crippen LogP contribution in [0.3, 0.4) is 0 Å². The minimum Gasteiger partial charge on any atom is -0.494 e. The number of hydrogen-bond acceptors (Lipinski definition) is 10. The van der Waals surface area contributed by atoms with Gasteiger partial charge in [-0.05, 0) is 171 Å². The molecule has 0 atom stereocenters. The molecule has 6 aromatic rings. The number of benzene rings is 6. The Morgan fingerprint density at radius 1 is 0.345 bits per heavy atom. The van der Waals surface area contributed by atoms with Crippen LogP contribution in [0, 0.1) is 13.8 Å². The predicted molar refractivity (Wildman–Crippen MR) is 341 cm³/mol. The average molecular weight is 1140 g/mol. The molecular formula is C74H92O10. The Morgan fingerprint density at radius 3 is 1.00 bits per heavy atom. The molecule has 0 spiro atoms. The first-order valence-electron chi connectivity index (χ1n) is 31.3. The number of ether oxygens (including phenoxy) is 6. The van der Waals surface area contributed by atoms with Gasteiger partial charge in [-0.2, -0.15) is 0 Å². The van der Waals surface area contributed by atoms with Gasteiger partial charge in [0.25, 0.3) is 0 Å². The van der Waals surface area contributed by atoms with Crippen LogP contribution in [0.5, 0.6) is 34.5 Å². The van der Waals surface area contributed by atoms with Crippen LogP contribution >= 0.6 is 0 Å². The Hall–Kier alpha value is -7.46. The Balaban J connectivity index is 0.899. The number of fused-ring (bicyclic) bond motifs is 1. The van der Waals surface area contributed by atoms with Gasteiger partial charge in [0, 0.05) is 11.1 Å². The Kier molecular flexibility index (Phi) is 28.9. The van der Waals surface area contributed by atoms with Gasteiger partial charge in [-0.15, -0.1) is 0 Å². The molecule has 10 nitrogen and oxygen atoms in total. The maximum atomic E-state index is 13.4. The Bertz CT molecular complexity index is 2860. The summed E-state index contributed by atoms with van der Waals surface area (Å²) in [7, 11) is 0. The number of rotatable bonds is 38. The summed E-state index contributed by atoms with van der Waals surface area (Å²) in [6.07, 6.45) is 34.8. The number of aryl methyl sites for hydroxylation is 2. The third kappa shape index (κ3) is 23.7. The van der Waals surface area contributed by atoms with Gasteiger partial charge in [-0.25, -0.2) is 19.2 Å². The van der Waals surface area contributed by atoms with Crippen molar-refractivity contribution >= 4 is 46.8 Å². The topological polar surface area (TPSA) is 124 Å². The van der Waals surface area contributed by atoms with Gasteiger partial charge in [-0.1, -0.05) is 192 Å². The fraction of sp³-hybridized carbons (Fsp3) is 0.432. The Labute approximate surface area is 501 Å². The molecule has 0 amide bonds. The highest BCUT2D eigenvalue weighted by atomic mass is 16.5.